The SMILES string of the molecule is O=C(C=C(C1CC1)C1CC1)N1CCOC[C@@H]1[C@@H]1CCC[C@H]1O. The maximum absolute atomic E-state index is 12.9. The molecule has 4 nitrogen and oxygen atoms in total. The minimum atomic E-state index is -0.266. The number of carbonyl (C=O) groups excluding carboxylic acids is 1. The van der Waals surface area contributed by atoms with Crippen molar-refractivity contribution in [2.24, 2.45) is 17.8 Å². The number of rotatable bonds is 4. The van der Waals surface area contributed by atoms with Crippen LogP contribution >= 0.6 is 0 Å². The van der Waals surface area contributed by atoms with Gasteiger partial charge in [0, 0.05) is 18.5 Å². The number of hydrogen-bond donors (Lipinski definition) is 1. The first-order valence-corrected chi connectivity index (χ1v) is 9.02. The van der Waals surface area contributed by atoms with Gasteiger partial charge in [0.1, 0.15) is 0 Å². The Morgan fingerprint density at radius 2 is 1.82 bits per heavy atom. The monoisotopic (exact) mass is 305 g/mol. The summed E-state index contributed by atoms with van der Waals surface area (Å²) in [4.78, 5) is 14.9. The number of aliphatic hydroxyl groups excluding tert-OH is 1. The van der Waals surface area contributed by atoms with Gasteiger partial charge in [0.25, 0.3) is 0 Å². The Hall–Kier alpha value is -0.870. The predicted molar refractivity (Wildman–Crippen MR) is 83.2 cm³/mol. The van der Waals surface area contributed by atoms with Crippen LogP contribution < -0.4 is 0 Å². The van der Waals surface area contributed by atoms with Crippen LogP contribution in [0.3, 0.4) is 0 Å². The third-order valence-corrected chi connectivity index (χ3v) is 5.86. The molecule has 0 aromatic rings. The maximum atomic E-state index is 12.9. The summed E-state index contributed by atoms with van der Waals surface area (Å²) in [6.45, 7) is 1.89. The molecule has 0 aromatic heterocycles. The summed E-state index contributed by atoms with van der Waals surface area (Å²) in [6.07, 6.45) is 9.71. The van der Waals surface area contributed by atoms with Gasteiger partial charge < -0.3 is 14.7 Å². The highest BCUT2D eigenvalue weighted by Crippen LogP contribution is 2.48. The number of aliphatic hydroxyl groups is 1. The minimum Gasteiger partial charge on any atom is -0.393 e. The topological polar surface area (TPSA) is 49.8 Å². The number of amides is 1. The molecule has 0 aromatic carbocycles. The van der Waals surface area contributed by atoms with Crippen LogP contribution in [-0.4, -0.2) is 47.8 Å². The van der Waals surface area contributed by atoms with Crippen LogP contribution in [-0.2, 0) is 9.53 Å². The first kappa shape index (κ1) is 14.7. The van der Waals surface area contributed by atoms with Crippen molar-refractivity contribution in [1.29, 1.82) is 0 Å². The molecule has 4 fully saturated rings. The number of morpholine rings is 1. The molecule has 4 rings (SSSR count). The number of carbonyl (C=O) groups is 1. The Balaban J connectivity index is 1.50. The maximum Gasteiger partial charge on any atom is 0.246 e. The zero-order valence-corrected chi connectivity index (χ0v) is 13.2. The van der Waals surface area contributed by atoms with E-state index in [0.29, 0.717) is 31.6 Å². The number of ether oxygens (including phenoxy) is 1. The second-order valence-electron chi connectivity index (χ2n) is 7.53. The molecule has 3 atom stereocenters. The van der Waals surface area contributed by atoms with Crippen molar-refractivity contribution in [1.82, 2.24) is 4.90 Å². The highest BCUT2D eigenvalue weighted by atomic mass is 16.5. The zero-order valence-electron chi connectivity index (χ0n) is 13.2. The van der Waals surface area contributed by atoms with Crippen molar-refractivity contribution in [2.45, 2.75) is 57.1 Å². The Morgan fingerprint density at radius 1 is 1.09 bits per heavy atom. The van der Waals surface area contributed by atoms with Crippen LogP contribution in [0.5, 0.6) is 0 Å². The van der Waals surface area contributed by atoms with Crippen molar-refractivity contribution in [3.63, 3.8) is 0 Å². The van der Waals surface area contributed by atoms with Gasteiger partial charge in [-0.1, -0.05) is 12.0 Å². The van der Waals surface area contributed by atoms with Gasteiger partial charge in [0.2, 0.25) is 5.91 Å². The molecule has 122 valence electrons. The zero-order chi connectivity index (χ0) is 15.1. The van der Waals surface area contributed by atoms with Crippen LogP contribution in [0.15, 0.2) is 11.6 Å². The molecular formula is C18H27NO3. The van der Waals surface area contributed by atoms with Crippen molar-refractivity contribution in [3.05, 3.63) is 11.6 Å². The lowest BCUT2D eigenvalue weighted by molar-refractivity contribution is -0.138. The lowest BCUT2D eigenvalue weighted by Crippen LogP contribution is -2.53. The largest absolute Gasteiger partial charge is 0.393 e. The van der Waals surface area contributed by atoms with Gasteiger partial charge in [0.05, 0.1) is 25.4 Å². The van der Waals surface area contributed by atoms with E-state index in [1.807, 2.05) is 11.0 Å². The van der Waals surface area contributed by atoms with E-state index in [0.717, 1.165) is 19.3 Å². The van der Waals surface area contributed by atoms with Gasteiger partial charge in [-0.15, -0.1) is 0 Å². The number of nitrogens with zero attached hydrogens (tertiary/aromatic N) is 1. The Morgan fingerprint density at radius 3 is 2.41 bits per heavy atom. The van der Waals surface area contributed by atoms with Crippen LogP contribution in [0.2, 0.25) is 0 Å². The quantitative estimate of drug-likeness (QED) is 0.810. The molecular weight excluding hydrogens is 278 g/mol. The van der Waals surface area contributed by atoms with Gasteiger partial charge in [-0.3, -0.25) is 4.79 Å². The molecule has 0 radical (unpaired) electrons. The van der Waals surface area contributed by atoms with Crippen molar-refractivity contribution < 1.29 is 14.6 Å². The Bertz CT molecular complexity index is 453. The second kappa shape index (κ2) is 5.97. The fourth-order valence-corrected chi connectivity index (χ4v) is 4.30. The van der Waals surface area contributed by atoms with Gasteiger partial charge in [-0.05, 0) is 50.4 Å². The molecule has 0 unspecified atom stereocenters. The van der Waals surface area contributed by atoms with E-state index in [2.05, 4.69) is 0 Å². The molecule has 1 saturated heterocycles. The fourth-order valence-electron chi connectivity index (χ4n) is 4.30. The Kier molecular flexibility index (Phi) is 3.99. The molecule has 1 N–H and O–H groups in total. The van der Waals surface area contributed by atoms with E-state index in [9.17, 15) is 9.90 Å². The molecule has 3 saturated carbocycles. The normalized spacial score (nSPS) is 35.5. The minimum absolute atomic E-state index is 0.0645. The van der Waals surface area contributed by atoms with E-state index in [1.54, 1.807) is 0 Å². The highest BCUT2D eigenvalue weighted by Gasteiger charge is 2.41. The van der Waals surface area contributed by atoms with Crippen molar-refractivity contribution >= 4 is 5.91 Å². The third-order valence-electron chi connectivity index (χ3n) is 5.86. The smallest absolute Gasteiger partial charge is 0.246 e. The predicted octanol–water partition coefficient (Wildman–Crippen LogP) is 2.12. The molecule has 1 aliphatic heterocycles. The average Bonchev–Trinajstić information content (AvgIpc) is 3.44. The van der Waals surface area contributed by atoms with Crippen LogP contribution in [0.25, 0.3) is 0 Å². The number of allylic oxidation sites excluding steroid dienone is 1. The molecule has 0 spiro atoms. The lowest BCUT2D eigenvalue weighted by atomic mass is 9.94. The Labute approximate surface area is 132 Å². The third kappa shape index (κ3) is 2.95. The summed E-state index contributed by atoms with van der Waals surface area (Å²) >= 11 is 0. The van der Waals surface area contributed by atoms with Crippen LogP contribution in [0.1, 0.15) is 44.9 Å². The van der Waals surface area contributed by atoms with Gasteiger partial charge >= 0.3 is 0 Å². The molecule has 4 aliphatic rings. The first-order chi connectivity index (χ1) is 10.7. The molecule has 0 bridgehead atoms. The van der Waals surface area contributed by atoms with Gasteiger partial charge in [-0.25, -0.2) is 0 Å². The molecule has 1 amide bonds. The van der Waals surface area contributed by atoms with Gasteiger partial charge in [0.15, 0.2) is 0 Å². The van der Waals surface area contributed by atoms with Crippen molar-refractivity contribution in [2.75, 3.05) is 19.8 Å². The molecule has 22 heavy (non-hydrogen) atoms. The van der Waals surface area contributed by atoms with E-state index < -0.39 is 0 Å². The summed E-state index contributed by atoms with van der Waals surface area (Å²) in [7, 11) is 0. The summed E-state index contributed by atoms with van der Waals surface area (Å²) in [5, 5.41) is 10.2. The molecule has 3 aliphatic carbocycles. The standard InChI is InChI=1S/C18H27NO3/c20-17-3-1-2-14(17)16-11-22-9-8-19(16)18(21)10-15(12-4-5-12)13-6-7-13/h10,12-14,16-17,20H,1-9,11H2/t14-,16+,17+/m0/s1. The second-order valence-corrected chi connectivity index (χ2v) is 7.53. The highest BCUT2D eigenvalue weighted by molar-refractivity contribution is 5.89. The molecule has 1 heterocycles. The fraction of sp³-hybridized carbons (Fsp3) is 0.833. The van der Waals surface area contributed by atoms with Gasteiger partial charge in [-0.2, -0.15) is 0 Å². The van der Waals surface area contributed by atoms with E-state index >= 15 is 0 Å². The summed E-state index contributed by atoms with van der Waals surface area (Å²) in [5.74, 6) is 1.74. The van der Waals surface area contributed by atoms with E-state index in [-0.39, 0.29) is 24.0 Å². The lowest BCUT2D eigenvalue weighted by Gasteiger charge is -2.39. The van der Waals surface area contributed by atoms with Crippen LogP contribution in [0.4, 0.5) is 0 Å². The van der Waals surface area contributed by atoms with Crippen molar-refractivity contribution in [3.8, 4) is 0 Å². The summed E-state index contributed by atoms with van der Waals surface area (Å²) in [5.41, 5.74) is 1.42. The average molecular weight is 305 g/mol. The van der Waals surface area contributed by atoms with E-state index in [1.165, 1.54) is 31.3 Å². The number of hydrogen-bond acceptors (Lipinski definition) is 3. The van der Waals surface area contributed by atoms with Crippen LogP contribution in [0, 0.1) is 17.8 Å². The first-order valence-electron chi connectivity index (χ1n) is 9.02. The van der Waals surface area contributed by atoms with E-state index in [4.69, 9.17) is 4.74 Å². The molecule has 4 heteroatoms. The summed E-state index contributed by atoms with van der Waals surface area (Å²) in [6, 6.07) is 0.0645. The summed E-state index contributed by atoms with van der Waals surface area (Å²) < 4.78 is 5.62.